The minimum atomic E-state index is -0.261. The quantitative estimate of drug-likeness (QED) is 0.653. The molecule has 0 saturated carbocycles. The van der Waals surface area contributed by atoms with Gasteiger partial charge in [-0.2, -0.15) is 0 Å². The van der Waals surface area contributed by atoms with E-state index in [1.165, 1.54) is 35.2 Å². The average molecular weight is 362 g/mol. The summed E-state index contributed by atoms with van der Waals surface area (Å²) < 4.78 is 19.1. The van der Waals surface area contributed by atoms with E-state index >= 15 is 0 Å². The number of nitrogens with one attached hydrogen (secondary N) is 1. The standard InChI is InChI=1S/C17H15FN2O2S2/c1-22-13-3-2-4-14-16(13)20-17(24-14)19-15(21)9-10-23-12-7-5-11(18)6-8-12/h2-8H,9-10H2,1H3,(H,19,20,21). The number of carbonyl (C=O) groups excluding carboxylic acids is 1. The number of halogens is 1. The maximum absolute atomic E-state index is 12.8. The van der Waals surface area contributed by atoms with Crippen molar-refractivity contribution in [2.24, 2.45) is 0 Å². The Balaban J connectivity index is 1.56. The van der Waals surface area contributed by atoms with Crippen LogP contribution in [0.1, 0.15) is 6.42 Å². The van der Waals surface area contributed by atoms with Crippen LogP contribution in [-0.4, -0.2) is 23.8 Å². The minimum Gasteiger partial charge on any atom is -0.494 e. The zero-order valence-corrected chi connectivity index (χ0v) is 14.5. The van der Waals surface area contributed by atoms with Gasteiger partial charge in [0.2, 0.25) is 5.91 Å². The highest BCUT2D eigenvalue weighted by Crippen LogP contribution is 2.32. The second kappa shape index (κ2) is 7.63. The average Bonchev–Trinajstić information content (AvgIpc) is 2.98. The van der Waals surface area contributed by atoms with Crippen LogP contribution in [-0.2, 0) is 4.79 Å². The molecule has 2 aromatic carbocycles. The van der Waals surface area contributed by atoms with Gasteiger partial charge in [-0.25, -0.2) is 9.37 Å². The van der Waals surface area contributed by atoms with E-state index in [0.717, 1.165) is 15.1 Å². The Morgan fingerprint density at radius 1 is 1.29 bits per heavy atom. The van der Waals surface area contributed by atoms with Gasteiger partial charge in [-0.05, 0) is 36.4 Å². The maximum Gasteiger partial charge on any atom is 0.226 e. The number of methoxy groups -OCH3 is 1. The first-order valence-corrected chi connectivity index (χ1v) is 9.07. The zero-order valence-electron chi connectivity index (χ0n) is 12.9. The van der Waals surface area contributed by atoms with E-state index in [2.05, 4.69) is 10.3 Å². The second-order valence-electron chi connectivity index (χ2n) is 4.93. The monoisotopic (exact) mass is 362 g/mol. The molecular formula is C17H15FN2O2S2. The molecule has 0 bridgehead atoms. The zero-order chi connectivity index (χ0) is 16.9. The Morgan fingerprint density at radius 3 is 2.83 bits per heavy atom. The lowest BCUT2D eigenvalue weighted by molar-refractivity contribution is -0.115. The summed E-state index contributed by atoms with van der Waals surface area (Å²) in [6.07, 6.45) is 0.356. The molecule has 24 heavy (non-hydrogen) atoms. The number of benzene rings is 2. The summed E-state index contributed by atoms with van der Waals surface area (Å²) in [5.41, 5.74) is 0.751. The molecule has 0 atom stereocenters. The van der Waals surface area contributed by atoms with Crippen molar-refractivity contribution in [3.8, 4) is 5.75 Å². The molecule has 1 heterocycles. The summed E-state index contributed by atoms with van der Waals surface area (Å²) in [5.74, 6) is 0.952. The van der Waals surface area contributed by atoms with Gasteiger partial charge < -0.3 is 10.1 Å². The van der Waals surface area contributed by atoms with Gasteiger partial charge in [0.15, 0.2) is 5.13 Å². The summed E-state index contributed by atoms with van der Waals surface area (Å²) in [6.45, 7) is 0. The van der Waals surface area contributed by atoms with Gasteiger partial charge in [-0.3, -0.25) is 4.79 Å². The van der Waals surface area contributed by atoms with Crippen LogP contribution < -0.4 is 10.1 Å². The van der Waals surface area contributed by atoms with Gasteiger partial charge in [-0.15, -0.1) is 11.8 Å². The van der Waals surface area contributed by atoms with Crippen molar-refractivity contribution in [2.75, 3.05) is 18.2 Å². The third-order valence-electron chi connectivity index (χ3n) is 3.26. The number of carbonyl (C=O) groups is 1. The summed E-state index contributed by atoms with van der Waals surface area (Å²) in [7, 11) is 1.60. The number of thioether (sulfide) groups is 1. The van der Waals surface area contributed by atoms with Gasteiger partial charge in [-0.1, -0.05) is 17.4 Å². The molecule has 3 rings (SSSR count). The highest BCUT2D eigenvalue weighted by molar-refractivity contribution is 7.99. The normalized spacial score (nSPS) is 10.8. The Kier molecular flexibility index (Phi) is 5.32. The third-order valence-corrected chi connectivity index (χ3v) is 5.21. The van der Waals surface area contributed by atoms with Gasteiger partial charge in [0.1, 0.15) is 17.1 Å². The first-order chi connectivity index (χ1) is 11.7. The predicted octanol–water partition coefficient (Wildman–Crippen LogP) is 4.56. The van der Waals surface area contributed by atoms with Crippen LogP contribution in [0, 0.1) is 5.82 Å². The molecule has 1 N–H and O–H groups in total. The number of ether oxygens (including phenoxy) is 1. The van der Waals surface area contributed by atoms with Gasteiger partial charge in [0.25, 0.3) is 0 Å². The molecule has 0 fully saturated rings. The first kappa shape index (κ1) is 16.7. The molecule has 4 nitrogen and oxygen atoms in total. The molecule has 0 aliphatic rings. The van der Waals surface area contributed by atoms with E-state index in [-0.39, 0.29) is 11.7 Å². The number of aromatic nitrogens is 1. The van der Waals surface area contributed by atoms with Crippen molar-refractivity contribution < 1.29 is 13.9 Å². The van der Waals surface area contributed by atoms with Crippen LogP contribution in [0.2, 0.25) is 0 Å². The van der Waals surface area contributed by atoms with Crippen LogP contribution >= 0.6 is 23.1 Å². The molecular weight excluding hydrogens is 347 g/mol. The summed E-state index contributed by atoms with van der Waals surface area (Å²) >= 11 is 2.93. The van der Waals surface area contributed by atoms with Crippen LogP contribution in [0.25, 0.3) is 10.2 Å². The Labute approximate surface area is 147 Å². The number of rotatable bonds is 6. The summed E-state index contributed by atoms with van der Waals surface area (Å²) in [5, 5.41) is 3.38. The van der Waals surface area contributed by atoms with Gasteiger partial charge in [0, 0.05) is 17.1 Å². The fourth-order valence-corrected chi connectivity index (χ4v) is 3.87. The molecule has 0 aliphatic heterocycles. The van der Waals surface area contributed by atoms with E-state index in [1.807, 2.05) is 18.2 Å². The number of para-hydroxylation sites is 1. The highest BCUT2D eigenvalue weighted by Gasteiger charge is 2.11. The lowest BCUT2D eigenvalue weighted by Crippen LogP contribution is -2.11. The summed E-state index contributed by atoms with van der Waals surface area (Å²) in [4.78, 5) is 17.4. The van der Waals surface area contributed by atoms with Crippen molar-refractivity contribution in [3.05, 3.63) is 48.3 Å². The number of hydrogen-bond acceptors (Lipinski definition) is 5. The maximum atomic E-state index is 12.8. The third kappa shape index (κ3) is 4.04. The molecule has 0 radical (unpaired) electrons. The number of anilines is 1. The molecule has 1 amide bonds. The fourth-order valence-electron chi connectivity index (χ4n) is 2.12. The van der Waals surface area contributed by atoms with E-state index in [9.17, 15) is 9.18 Å². The van der Waals surface area contributed by atoms with E-state index < -0.39 is 0 Å². The van der Waals surface area contributed by atoms with Gasteiger partial charge >= 0.3 is 0 Å². The lowest BCUT2D eigenvalue weighted by atomic mass is 10.3. The largest absolute Gasteiger partial charge is 0.494 e. The smallest absolute Gasteiger partial charge is 0.226 e. The molecule has 0 spiro atoms. The lowest BCUT2D eigenvalue weighted by Gasteiger charge is -2.02. The molecule has 1 aromatic heterocycles. The Hall–Kier alpha value is -2.12. The first-order valence-electron chi connectivity index (χ1n) is 7.27. The van der Waals surface area contributed by atoms with Crippen LogP contribution in [0.15, 0.2) is 47.4 Å². The van der Waals surface area contributed by atoms with E-state index in [0.29, 0.717) is 23.1 Å². The SMILES string of the molecule is COc1cccc2sc(NC(=O)CCSc3ccc(F)cc3)nc12. The Bertz CT molecular complexity index is 849. The number of hydrogen-bond donors (Lipinski definition) is 1. The van der Waals surface area contributed by atoms with Crippen molar-refractivity contribution >= 4 is 44.4 Å². The number of amides is 1. The molecule has 3 aromatic rings. The molecule has 0 aliphatic carbocycles. The summed E-state index contributed by atoms with van der Waals surface area (Å²) in [6, 6.07) is 11.9. The van der Waals surface area contributed by atoms with Crippen molar-refractivity contribution in [1.29, 1.82) is 0 Å². The fraction of sp³-hybridized carbons (Fsp3) is 0.176. The Morgan fingerprint density at radius 2 is 2.08 bits per heavy atom. The van der Waals surface area contributed by atoms with Crippen LogP contribution in [0.4, 0.5) is 9.52 Å². The van der Waals surface area contributed by atoms with Crippen LogP contribution in [0.5, 0.6) is 5.75 Å². The molecule has 0 saturated heterocycles. The molecule has 7 heteroatoms. The topological polar surface area (TPSA) is 51.2 Å². The predicted molar refractivity (Wildman–Crippen MR) is 96.5 cm³/mol. The number of fused-ring (bicyclic) bond motifs is 1. The van der Waals surface area contributed by atoms with Crippen LogP contribution in [0.3, 0.4) is 0 Å². The van der Waals surface area contributed by atoms with Crippen molar-refractivity contribution in [3.63, 3.8) is 0 Å². The van der Waals surface area contributed by atoms with E-state index in [4.69, 9.17) is 4.74 Å². The highest BCUT2D eigenvalue weighted by atomic mass is 32.2. The van der Waals surface area contributed by atoms with Crippen molar-refractivity contribution in [1.82, 2.24) is 4.98 Å². The second-order valence-corrected chi connectivity index (χ2v) is 7.13. The van der Waals surface area contributed by atoms with Crippen molar-refractivity contribution in [2.45, 2.75) is 11.3 Å². The number of nitrogens with zero attached hydrogens (tertiary/aromatic N) is 1. The van der Waals surface area contributed by atoms with Gasteiger partial charge in [0.05, 0.1) is 11.8 Å². The molecule has 0 unspecified atom stereocenters. The minimum absolute atomic E-state index is 0.0948. The molecule has 124 valence electrons. The number of thiazole rings is 1. The van der Waals surface area contributed by atoms with E-state index in [1.54, 1.807) is 19.2 Å².